The fourth-order valence-corrected chi connectivity index (χ4v) is 3.30. The van der Waals surface area contributed by atoms with E-state index in [1.165, 1.54) is 32.1 Å². The molecule has 18 heavy (non-hydrogen) atoms. The van der Waals surface area contributed by atoms with Gasteiger partial charge in [0.2, 0.25) is 0 Å². The van der Waals surface area contributed by atoms with Crippen molar-refractivity contribution in [2.24, 2.45) is 17.6 Å². The van der Waals surface area contributed by atoms with Gasteiger partial charge in [-0.25, -0.2) is 4.79 Å². The minimum Gasteiger partial charge on any atom is -0.338 e. The Kier molecular flexibility index (Phi) is 5.29. The summed E-state index contributed by atoms with van der Waals surface area (Å²) in [4.78, 5) is 14.1. The van der Waals surface area contributed by atoms with E-state index in [1.807, 2.05) is 4.90 Å². The highest BCUT2D eigenvalue weighted by Gasteiger charge is 2.26. The van der Waals surface area contributed by atoms with E-state index in [0.29, 0.717) is 11.8 Å². The van der Waals surface area contributed by atoms with E-state index in [4.69, 9.17) is 5.73 Å². The van der Waals surface area contributed by atoms with Crippen LogP contribution in [-0.2, 0) is 0 Å². The largest absolute Gasteiger partial charge is 0.338 e. The first-order chi connectivity index (χ1) is 8.81. The molecule has 0 aromatic heterocycles. The third-order valence-electron chi connectivity index (χ3n) is 4.53. The molecule has 1 saturated heterocycles. The summed E-state index contributed by atoms with van der Waals surface area (Å²) in [5.41, 5.74) is 5.77. The van der Waals surface area contributed by atoms with E-state index in [9.17, 15) is 4.79 Å². The quantitative estimate of drug-likeness (QED) is 0.807. The van der Waals surface area contributed by atoms with Crippen molar-refractivity contribution >= 4 is 6.03 Å². The van der Waals surface area contributed by atoms with Crippen LogP contribution in [0.15, 0.2) is 0 Å². The molecular weight excluding hydrogens is 226 g/mol. The lowest BCUT2D eigenvalue weighted by atomic mass is 9.96. The van der Waals surface area contributed by atoms with Gasteiger partial charge in [0.1, 0.15) is 0 Å². The predicted octanol–water partition coefficient (Wildman–Crippen LogP) is 1.95. The molecule has 2 aliphatic rings. The number of nitrogens with one attached hydrogen (secondary N) is 1. The lowest BCUT2D eigenvalue weighted by Gasteiger charge is -2.23. The summed E-state index contributed by atoms with van der Waals surface area (Å²) in [6.07, 6.45) is 8.57. The fraction of sp³-hybridized carbons (Fsp3) is 0.929. The Labute approximate surface area is 110 Å². The third-order valence-corrected chi connectivity index (χ3v) is 4.53. The second-order valence-corrected chi connectivity index (χ2v) is 5.77. The number of rotatable bonds is 3. The van der Waals surface area contributed by atoms with Crippen LogP contribution in [0.1, 0.15) is 44.9 Å². The molecule has 2 atom stereocenters. The Morgan fingerprint density at radius 3 is 2.39 bits per heavy atom. The molecule has 2 fully saturated rings. The Hall–Kier alpha value is -0.770. The summed E-state index contributed by atoms with van der Waals surface area (Å²) >= 11 is 0. The Bertz CT molecular complexity index is 262. The first kappa shape index (κ1) is 13.7. The first-order valence-corrected chi connectivity index (χ1v) is 7.54. The molecule has 2 rings (SSSR count). The van der Waals surface area contributed by atoms with Gasteiger partial charge in [0.15, 0.2) is 0 Å². The molecule has 0 aromatic carbocycles. The summed E-state index contributed by atoms with van der Waals surface area (Å²) in [6, 6.07) is 0.138. The number of urea groups is 1. The summed E-state index contributed by atoms with van der Waals surface area (Å²) in [6.45, 7) is 3.44. The maximum absolute atomic E-state index is 12.1. The van der Waals surface area contributed by atoms with Crippen molar-refractivity contribution in [1.29, 1.82) is 0 Å². The van der Waals surface area contributed by atoms with Crippen LogP contribution in [0.3, 0.4) is 0 Å². The zero-order chi connectivity index (χ0) is 12.8. The number of likely N-dealkylation sites (tertiary alicyclic amines) is 1. The molecule has 4 heteroatoms. The summed E-state index contributed by atoms with van der Waals surface area (Å²) in [7, 11) is 0. The number of amides is 2. The molecule has 0 radical (unpaired) electrons. The second-order valence-electron chi connectivity index (χ2n) is 5.77. The molecule has 0 aromatic rings. The Morgan fingerprint density at radius 1 is 1.06 bits per heavy atom. The van der Waals surface area contributed by atoms with Gasteiger partial charge in [-0.05, 0) is 44.1 Å². The summed E-state index contributed by atoms with van der Waals surface area (Å²) < 4.78 is 0. The summed E-state index contributed by atoms with van der Waals surface area (Å²) in [5, 5.41) is 3.12. The van der Waals surface area contributed by atoms with Crippen molar-refractivity contribution in [2.45, 2.75) is 44.9 Å². The molecule has 1 aliphatic heterocycles. The van der Waals surface area contributed by atoms with Crippen molar-refractivity contribution in [2.75, 3.05) is 26.2 Å². The Morgan fingerprint density at radius 2 is 1.72 bits per heavy atom. The van der Waals surface area contributed by atoms with E-state index in [2.05, 4.69) is 5.32 Å². The highest BCUT2D eigenvalue weighted by atomic mass is 16.2. The van der Waals surface area contributed by atoms with E-state index in [0.717, 1.165) is 39.0 Å². The van der Waals surface area contributed by atoms with Crippen LogP contribution in [0.2, 0.25) is 0 Å². The van der Waals surface area contributed by atoms with Crippen LogP contribution >= 0.6 is 0 Å². The monoisotopic (exact) mass is 253 g/mol. The van der Waals surface area contributed by atoms with Crippen molar-refractivity contribution < 1.29 is 4.79 Å². The van der Waals surface area contributed by atoms with Gasteiger partial charge in [0.25, 0.3) is 0 Å². The van der Waals surface area contributed by atoms with Crippen molar-refractivity contribution in [3.8, 4) is 0 Å². The number of hydrogen-bond acceptors (Lipinski definition) is 2. The molecule has 4 nitrogen and oxygen atoms in total. The molecule has 104 valence electrons. The molecule has 2 amide bonds. The fourth-order valence-electron chi connectivity index (χ4n) is 3.30. The molecule has 0 spiro atoms. The van der Waals surface area contributed by atoms with E-state index in [-0.39, 0.29) is 6.03 Å². The van der Waals surface area contributed by atoms with Gasteiger partial charge >= 0.3 is 6.03 Å². The molecule has 1 heterocycles. The second kappa shape index (κ2) is 6.98. The smallest absolute Gasteiger partial charge is 0.317 e. The Balaban J connectivity index is 1.73. The lowest BCUT2D eigenvalue weighted by molar-refractivity contribution is 0.196. The highest BCUT2D eigenvalue weighted by Crippen LogP contribution is 2.30. The number of hydrogen-bond donors (Lipinski definition) is 2. The maximum Gasteiger partial charge on any atom is 0.317 e. The van der Waals surface area contributed by atoms with Crippen LogP contribution in [0, 0.1) is 11.8 Å². The topological polar surface area (TPSA) is 58.4 Å². The molecule has 1 saturated carbocycles. The maximum atomic E-state index is 12.1. The van der Waals surface area contributed by atoms with Gasteiger partial charge in [-0.3, -0.25) is 0 Å². The van der Waals surface area contributed by atoms with Gasteiger partial charge in [0.05, 0.1) is 0 Å². The van der Waals surface area contributed by atoms with E-state index in [1.54, 1.807) is 0 Å². The van der Waals surface area contributed by atoms with Gasteiger partial charge in [-0.1, -0.05) is 19.3 Å². The highest BCUT2D eigenvalue weighted by molar-refractivity contribution is 5.74. The third kappa shape index (κ3) is 3.61. The van der Waals surface area contributed by atoms with Crippen LogP contribution < -0.4 is 11.1 Å². The standard InChI is InChI=1S/C14H27N3O/c15-10-12-6-5-7-13(12)11-16-14(18)17-8-3-1-2-4-9-17/h12-13H,1-11,15H2,(H,16,18). The zero-order valence-electron chi connectivity index (χ0n) is 11.4. The van der Waals surface area contributed by atoms with Crippen molar-refractivity contribution in [1.82, 2.24) is 10.2 Å². The molecular formula is C14H27N3O. The van der Waals surface area contributed by atoms with Gasteiger partial charge < -0.3 is 16.0 Å². The SMILES string of the molecule is NCC1CCCC1CNC(=O)N1CCCCCC1. The van der Waals surface area contributed by atoms with Crippen molar-refractivity contribution in [3.63, 3.8) is 0 Å². The predicted molar refractivity (Wildman–Crippen MR) is 73.3 cm³/mol. The number of nitrogens with zero attached hydrogens (tertiary/aromatic N) is 1. The van der Waals surface area contributed by atoms with E-state index >= 15 is 0 Å². The zero-order valence-corrected chi connectivity index (χ0v) is 11.4. The van der Waals surface area contributed by atoms with Gasteiger partial charge in [0, 0.05) is 19.6 Å². The molecule has 1 aliphatic carbocycles. The minimum atomic E-state index is 0.138. The van der Waals surface area contributed by atoms with E-state index < -0.39 is 0 Å². The van der Waals surface area contributed by atoms with Crippen LogP contribution in [0.4, 0.5) is 4.79 Å². The number of carbonyl (C=O) groups is 1. The number of carbonyl (C=O) groups excluding carboxylic acids is 1. The normalized spacial score (nSPS) is 29.1. The summed E-state index contributed by atoms with van der Waals surface area (Å²) in [5.74, 6) is 1.22. The van der Waals surface area contributed by atoms with Crippen LogP contribution in [0.5, 0.6) is 0 Å². The molecule has 2 unspecified atom stereocenters. The average Bonchev–Trinajstić information content (AvgIpc) is 2.67. The van der Waals surface area contributed by atoms with Crippen molar-refractivity contribution in [3.05, 3.63) is 0 Å². The first-order valence-electron chi connectivity index (χ1n) is 7.54. The van der Waals surface area contributed by atoms with Crippen LogP contribution in [-0.4, -0.2) is 37.1 Å². The molecule has 0 bridgehead atoms. The minimum absolute atomic E-state index is 0.138. The van der Waals surface area contributed by atoms with Crippen LogP contribution in [0.25, 0.3) is 0 Å². The lowest BCUT2D eigenvalue weighted by Crippen LogP contribution is -2.43. The molecule has 3 N–H and O–H groups in total. The average molecular weight is 253 g/mol. The number of nitrogens with two attached hydrogens (primary N) is 1. The van der Waals surface area contributed by atoms with Gasteiger partial charge in [-0.2, -0.15) is 0 Å². The van der Waals surface area contributed by atoms with Gasteiger partial charge in [-0.15, -0.1) is 0 Å².